The lowest BCUT2D eigenvalue weighted by atomic mass is 9.99. The van der Waals surface area contributed by atoms with Crippen molar-refractivity contribution in [3.8, 4) is 0 Å². The first-order valence-corrected chi connectivity index (χ1v) is 8.34. The molecule has 3 nitrogen and oxygen atoms in total. The van der Waals surface area contributed by atoms with Gasteiger partial charge in [0.15, 0.2) is 0 Å². The summed E-state index contributed by atoms with van der Waals surface area (Å²) in [6.07, 6.45) is 2.87. The second kappa shape index (κ2) is 7.81. The molecule has 1 heterocycles. The van der Waals surface area contributed by atoms with E-state index in [2.05, 4.69) is 62.2 Å². The lowest BCUT2D eigenvalue weighted by Crippen LogP contribution is -2.37. The van der Waals surface area contributed by atoms with E-state index >= 15 is 0 Å². The number of anilines is 1. The zero-order valence-corrected chi connectivity index (χ0v) is 13.9. The third-order valence-electron chi connectivity index (χ3n) is 4.36. The Hall–Kier alpha value is -1.06. The maximum absolute atomic E-state index is 5.84. The highest BCUT2D eigenvalue weighted by Crippen LogP contribution is 2.25. The highest BCUT2D eigenvalue weighted by molar-refractivity contribution is 5.51. The topological polar surface area (TPSA) is 24.5 Å². The van der Waals surface area contributed by atoms with Crippen molar-refractivity contribution in [3.63, 3.8) is 0 Å². The van der Waals surface area contributed by atoms with Crippen LogP contribution < -0.4 is 5.32 Å². The van der Waals surface area contributed by atoms with Crippen molar-refractivity contribution >= 4 is 5.69 Å². The number of nitrogens with zero attached hydrogens (tertiary/aromatic N) is 1. The molecule has 2 rings (SSSR count). The number of hydrogen-bond acceptors (Lipinski definition) is 3. The summed E-state index contributed by atoms with van der Waals surface area (Å²) in [5.74, 6) is 0. The smallest absolute Gasteiger partial charge is 0.0570 e. The van der Waals surface area contributed by atoms with Gasteiger partial charge in [-0.05, 0) is 51.4 Å². The van der Waals surface area contributed by atoms with Crippen LogP contribution in [0.4, 0.5) is 5.69 Å². The minimum Gasteiger partial charge on any atom is -0.382 e. The number of rotatable bonds is 6. The summed E-state index contributed by atoms with van der Waals surface area (Å²) in [6.45, 7) is 12.0. The molecule has 0 spiro atoms. The van der Waals surface area contributed by atoms with Crippen LogP contribution in [0.15, 0.2) is 24.3 Å². The van der Waals surface area contributed by atoms with Crippen LogP contribution in [-0.2, 0) is 11.3 Å². The van der Waals surface area contributed by atoms with Gasteiger partial charge in [-0.15, -0.1) is 0 Å². The molecular formula is C18H30N2O. The second-order valence-corrected chi connectivity index (χ2v) is 6.19. The van der Waals surface area contributed by atoms with Crippen LogP contribution in [0.2, 0.25) is 0 Å². The fourth-order valence-electron chi connectivity index (χ4n) is 3.23. The van der Waals surface area contributed by atoms with Gasteiger partial charge in [0, 0.05) is 18.3 Å². The SMILES string of the molecule is CCN(CC)Cc1ccccc1NC1CC(C)OC(C)C1. The van der Waals surface area contributed by atoms with Crippen LogP contribution in [0.25, 0.3) is 0 Å². The van der Waals surface area contributed by atoms with Gasteiger partial charge in [0.1, 0.15) is 0 Å². The van der Waals surface area contributed by atoms with E-state index in [1.165, 1.54) is 11.3 Å². The van der Waals surface area contributed by atoms with E-state index in [0.717, 1.165) is 32.5 Å². The summed E-state index contributed by atoms with van der Waals surface area (Å²) < 4.78 is 5.84. The molecule has 21 heavy (non-hydrogen) atoms. The van der Waals surface area contributed by atoms with E-state index in [0.29, 0.717) is 18.2 Å². The molecule has 0 amide bonds. The summed E-state index contributed by atoms with van der Waals surface area (Å²) in [5, 5.41) is 3.76. The third kappa shape index (κ3) is 4.72. The molecule has 1 fully saturated rings. The minimum absolute atomic E-state index is 0.348. The normalized spacial score (nSPS) is 26.0. The Morgan fingerprint density at radius 2 is 1.71 bits per heavy atom. The van der Waals surface area contributed by atoms with Crippen LogP contribution in [0, 0.1) is 0 Å². The molecule has 1 aliphatic rings. The Morgan fingerprint density at radius 3 is 2.33 bits per heavy atom. The Morgan fingerprint density at radius 1 is 1.10 bits per heavy atom. The van der Waals surface area contributed by atoms with Gasteiger partial charge in [-0.2, -0.15) is 0 Å². The van der Waals surface area contributed by atoms with Crippen molar-refractivity contribution in [2.75, 3.05) is 18.4 Å². The predicted molar refractivity (Wildman–Crippen MR) is 89.7 cm³/mol. The molecule has 1 N–H and O–H groups in total. The highest BCUT2D eigenvalue weighted by Gasteiger charge is 2.24. The Labute approximate surface area is 129 Å². The number of benzene rings is 1. The lowest BCUT2D eigenvalue weighted by molar-refractivity contribution is -0.0337. The fourth-order valence-corrected chi connectivity index (χ4v) is 3.23. The van der Waals surface area contributed by atoms with Crippen molar-refractivity contribution < 1.29 is 4.74 Å². The monoisotopic (exact) mass is 290 g/mol. The van der Waals surface area contributed by atoms with Crippen LogP contribution in [0.3, 0.4) is 0 Å². The van der Waals surface area contributed by atoms with Gasteiger partial charge in [-0.1, -0.05) is 32.0 Å². The van der Waals surface area contributed by atoms with Crippen molar-refractivity contribution in [2.24, 2.45) is 0 Å². The second-order valence-electron chi connectivity index (χ2n) is 6.19. The van der Waals surface area contributed by atoms with Gasteiger partial charge in [0.05, 0.1) is 12.2 Å². The molecule has 0 aromatic heterocycles. The minimum atomic E-state index is 0.348. The molecule has 1 aliphatic heterocycles. The van der Waals surface area contributed by atoms with Crippen molar-refractivity contribution in [1.82, 2.24) is 4.90 Å². The maximum atomic E-state index is 5.84. The molecule has 2 unspecified atom stereocenters. The molecule has 118 valence electrons. The number of para-hydroxylation sites is 1. The van der Waals surface area contributed by atoms with E-state index in [4.69, 9.17) is 4.74 Å². The Balaban J connectivity index is 2.05. The Bertz CT molecular complexity index is 421. The van der Waals surface area contributed by atoms with Crippen LogP contribution in [0.5, 0.6) is 0 Å². The molecule has 1 aromatic rings. The van der Waals surface area contributed by atoms with Gasteiger partial charge in [0.2, 0.25) is 0 Å². The quantitative estimate of drug-likeness (QED) is 0.860. The number of hydrogen-bond donors (Lipinski definition) is 1. The van der Waals surface area contributed by atoms with Crippen molar-refractivity contribution in [1.29, 1.82) is 0 Å². The van der Waals surface area contributed by atoms with Crippen molar-refractivity contribution in [3.05, 3.63) is 29.8 Å². The van der Waals surface area contributed by atoms with Gasteiger partial charge < -0.3 is 10.1 Å². The van der Waals surface area contributed by atoms with E-state index in [-0.39, 0.29) is 0 Å². The zero-order valence-electron chi connectivity index (χ0n) is 13.9. The zero-order chi connectivity index (χ0) is 15.2. The molecular weight excluding hydrogens is 260 g/mol. The number of nitrogens with one attached hydrogen (secondary N) is 1. The summed E-state index contributed by atoms with van der Waals surface area (Å²) in [6, 6.07) is 9.23. The fraction of sp³-hybridized carbons (Fsp3) is 0.667. The summed E-state index contributed by atoms with van der Waals surface area (Å²) in [4.78, 5) is 2.45. The standard InChI is InChI=1S/C18H30N2O/c1-5-20(6-2)13-16-9-7-8-10-18(16)19-17-11-14(3)21-15(4)12-17/h7-10,14-15,17,19H,5-6,11-13H2,1-4H3. The summed E-state index contributed by atoms with van der Waals surface area (Å²) in [5.41, 5.74) is 2.68. The molecule has 0 aliphatic carbocycles. The van der Waals surface area contributed by atoms with Crippen LogP contribution in [-0.4, -0.2) is 36.2 Å². The highest BCUT2D eigenvalue weighted by atomic mass is 16.5. The molecule has 0 radical (unpaired) electrons. The molecule has 2 atom stereocenters. The van der Waals surface area contributed by atoms with Crippen LogP contribution in [0.1, 0.15) is 46.1 Å². The molecule has 0 bridgehead atoms. The van der Waals surface area contributed by atoms with E-state index in [1.807, 2.05) is 0 Å². The largest absolute Gasteiger partial charge is 0.382 e. The van der Waals surface area contributed by atoms with Crippen molar-refractivity contribution in [2.45, 2.75) is 65.3 Å². The maximum Gasteiger partial charge on any atom is 0.0570 e. The number of ether oxygens (including phenoxy) is 1. The van der Waals surface area contributed by atoms with E-state index in [9.17, 15) is 0 Å². The summed E-state index contributed by atoms with van der Waals surface area (Å²) >= 11 is 0. The summed E-state index contributed by atoms with van der Waals surface area (Å²) in [7, 11) is 0. The Kier molecular flexibility index (Phi) is 6.07. The van der Waals surface area contributed by atoms with Gasteiger partial charge in [0.25, 0.3) is 0 Å². The average molecular weight is 290 g/mol. The first kappa shape index (κ1) is 16.3. The lowest BCUT2D eigenvalue weighted by Gasteiger charge is -2.34. The molecule has 0 saturated carbocycles. The molecule has 1 aromatic carbocycles. The predicted octanol–water partition coefficient (Wildman–Crippen LogP) is 3.90. The van der Waals surface area contributed by atoms with Gasteiger partial charge >= 0.3 is 0 Å². The van der Waals surface area contributed by atoms with Crippen LogP contribution >= 0.6 is 0 Å². The molecule has 1 saturated heterocycles. The van der Waals surface area contributed by atoms with Gasteiger partial charge in [-0.25, -0.2) is 0 Å². The third-order valence-corrected chi connectivity index (χ3v) is 4.36. The first-order chi connectivity index (χ1) is 10.1. The van der Waals surface area contributed by atoms with E-state index in [1.54, 1.807) is 0 Å². The van der Waals surface area contributed by atoms with E-state index < -0.39 is 0 Å². The van der Waals surface area contributed by atoms with Gasteiger partial charge in [-0.3, -0.25) is 4.90 Å². The first-order valence-electron chi connectivity index (χ1n) is 8.34. The molecule has 3 heteroatoms. The average Bonchev–Trinajstić information content (AvgIpc) is 2.45.